The second-order valence-corrected chi connectivity index (χ2v) is 7.65. The Hall–Kier alpha value is -3.51. The van der Waals surface area contributed by atoms with E-state index >= 15 is 0 Å². The minimum Gasteiger partial charge on any atom is -0.326 e. The van der Waals surface area contributed by atoms with Crippen LogP contribution in [0.15, 0.2) is 67.0 Å². The highest BCUT2D eigenvalue weighted by atomic mass is 16.2. The predicted octanol–water partition coefficient (Wildman–Crippen LogP) is 2.68. The zero-order chi connectivity index (χ0) is 20.7. The number of carbonyl (C=O) groups is 2. The van der Waals surface area contributed by atoms with Crippen molar-refractivity contribution in [2.24, 2.45) is 0 Å². The number of rotatable bonds is 3. The van der Waals surface area contributed by atoms with Crippen LogP contribution < -0.4 is 15.5 Å². The molecule has 6 heteroatoms. The molecule has 5 rings (SSSR count). The minimum absolute atomic E-state index is 0.116. The summed E-state index contributed by atoms with van der Waals surface area (Å²) in [6.07, 6.45) is 3.98. The summed E-state index contributed by atoms with van der Waals surface area (Å²) >= 11 is 0. The van der Waals surface area contributed by atoms with Gasteiger partial charge in [0.05, 0.1) is 5.69 Å². The van der Waals surface area contributed by atoms with E-state index < -0.39 is 5.66 Å². The topological polar surface area (TPSA) is 74.3 Å². The number of carbonyl (C=O) groups excluding carboxylic acids is 2. The number of hydrogen-bond acceptors (Lipinski definition) is 4. The van der Waals surface area contributed by atoms with Crippen LogP contribution in [0.5, 0.6) is 0 Å². The predicted molar refractivity (Wildman–Crippen MR) is 114 cm³/mol. The van der Waals surface area contributed by atoms with Crippen molar-refractivity contribution >= 4 is 17.5 Å². The van der Waals surface area contributed by atoms with Gasteiger partial charge in [-0.2, -0.15) is 0 Å². The van der Waals surface area contributed by atoms with Gasteiger partial charge in [-0.25, -0.2) is 0 Å². The first-order valence-corrected chi connectivity index (χ1v) is 9.93. The third-order valence-corrected chi connectivity index (χ3v) is 5.74. The van der Waals surface area contributed by atoms with Gasteiger partial charge in [0.15, 0.2) is 0 Å². The molecule has 3 aromatic rings. The number of pyridine rings is 1. The number of aromatic nitrogens is 1. The molecule has 1 radical (unpaired) electrons. The molecule has 6 nitrogen and oxygen atoms in total. The van der Waals surface area contributed by atoms with Crippen molar-refractivity contribution in [3.8, 4) is 0 Å². The first-order valence-electron chi connectivity index (χ1n) is 9.93. The average molecular weight is 397 g/mol. The summed E-state index contributed by atoms with van der Waals surface area (Å²) in [6, 6.07) is 17.2. The summed E-state index contributed by atoms with van der Waals surface area (Å²) in [5.74, 6) is -0.369. The molecule has 0 bridgehead atoms. The van der Waals surface area contributed by atoms with Crippen molar-refractivity contribution in [1.29, 1.82) is 0 Å². The van der Waals surface area contributed by atoms with E-state index in [1.807, 2.05) is 37.3 Å². The van der Waals surface area contributed by atoms with Crippen molar-refractivity contribution in [2.45, 2.75) is 19.0 Å². The fraction of sp³-hybridized carbons (Fsp3) is 0.167. The molecule has 1 atom stereocenters. The van der Waals surface area contributed by atoms with E-state index in [0.717, 1.165) is 34.4 Å². The highest BCUT2D eigenvalue weighted by Gasteiger charge is 2.45. The van der Waals surface area contributed by atoms with Crippen LogP contribution in [0.4, 0.5) is 5.69 Å². The second-order valence-electron chi connectivity index (χ2n) is 7.65. The lowest BCUT2D eigenvalue weighted by Gasteiger charge is -2.36. The van der Waals surface area contributed by atoms with E-state index in [4.69, 9.17) is 0 Å². The van der Waals surface area contributed by atoms with Crippen LogP contribution in [-0.2, 0) is 16.9 Å². The first-order chi connectivity index (χ1) is 14.6. The SMILES string of the molecule is Cc1cc2c3c(c1)C(NC(=O)c1ccncc1)(c1ccccc1)N[CH]C(=O)N3CC2. The molecule has 149 valence electrons. The number of hydrogen-bond donors (Lipinski definition) is 2. The van der Waals surface area contributed by atoms with Gasteiger partial charge >= 0.3 is 0 Å². The quantitative estimate of drug-likeness (QED) is 0.713. The number of aryl methyl sites for hydroxylation is 1. The summed E-state index contributed by atoms with van der Waals surface area (Å²) < 4.78 is 0. The van der Waals surface area contributed by atoms with Crippen LogP contribution in [0.25, 0.3) is 0 Å². The molecule has 0 spiro atoms. The lowest BCUT2D eigenvalue weighted by molar-refractivity contribution is -0.115. The summed E-state index contributed by atoms with van der Waals surface area (Å²) in [7, 11) is 0. The molecule has 0 saturated carbocycles. The van der Waals surface area contributed by atoms with Crippen molar-refractivity contribution in [3.05, 3.63) is 101 Å². The molecular weight excluding hydrogens is 376 g/mol. The van der Waals surface area contributed by atoms with Crippen LogP contribution >= 0.6 is 0 Å². The maximum atomic E-state index is 13.3. The van der Waals surface area contributed by atoms with Gasteiger partial charge in [0.1, 0.15) is 12.2 Å². The van der Waals surface area contributed by atoms with Crippen molar-refractivity contribution < 1.29 is 9.59 Å². The smallest absolute Gasteiger partial charge is 0.253 e. The molecule has 0 fully saturated rings. The van der Waals surface area contributed by atoms with Crippen molar-refractivity contribution in [3.63, 3.8) is 0 Å². The fourth-order valence-corrected chi connectivity index (χ4v) is 4.39. The summed E-state index contributed by atoms with van der Waals surface area (Å²) in [5.41, 5.74) is 4.20. The van der Waals surface area contributed by atoms with E-state index in [-0.39, 0.29) is 11.8 Å². The molecule has 2 amide bonds. The van der Waals surface area contributed by atoms with Crippen molar-refractivity contribution in [2.75, 3.05) is 11.4 Å². The largest absolute Gasteiger partial charge is 0.326 e. The highest BCUT2D eigenvalue weighted by molar-refractivity contribution is 6.03. The average Bonchev–Trinajstić information content (AvgIpc) is 3.16. The fourth-order valence-electron chi connectivity index (χ4n) is 4.39. The summed E-state index contributed by atoms with van der Waals surface area (Å²) in [6.45, 7) is 4.13. The molecule has 2 N–H and O–H groups in total. The monoisotopic (exact) mass is 397 g/mol. The van der Waals surface area contributed by atoms with E-state index in [0.29, 0.717) is 12.1 Å². The second kappa shape index (κ2) is 7.07. The normalized spacial score (nSPS) is 19.9. The summed E-state index contributed by atoms with van der Waals surface area (Å²) in [4.78, 5) is 32.0. The first kappa shape index (κ1) is 18.5. The Bertz CT molecular complexity index is 1130. The van der Waals surface area contributed by atoms with Gasteiger partial charge in [-0.3, -0.25) is 19.9 Å². The zero-order valence-electron chi connectivity index (χ0n) is 16.6. The molecule has 3 heterocycles. The molecule has 1 unspecified atom stereocenters. The van der Waals surface area contributed by atoms with E-state index in [1.54, 1.807) is 29.4 Å². The molecular formula is C24H21N4O2. The highest BCUT2D eigenvalue weighted by Crippen LogP contribution is 2.43. The Morgan fingerprint density at radius 1 is 1.13 bits per heavy atom. The molecule has 2 aliphatic rings. The van der Waals surface area contributed by atoms with Crippen LogP contribution in [0.2, 0.25) is 0 Å². The third kappa shape index (κ3) is 2.88. The van der Waals surface area contributed by atoms with E-state index in [2.05, 4.69) is 27.8 Å². The maximum absolute atomic E-state index is 13.3. The van der Waals surface area contributed by atoms with Crippen molar-refractivity contribution in [1.82, 2.24) is 15.6 Å². The third-order valence-electron chi connectivity index (χ3n) is 5.74. The minimum atomic E-state index is -1.09. The maximum Gasteiger partial charge on any atom is 0.253 e. The van der Waals surface area contributed by atoms with Gasteiger partial charge < -0.3 is 10.2 Å². The lowest BCUT2D eigenvalue weighted by Crippen LogP contribution is -2.56. The van der Waals surface area contributed by atoms with Gasteiger partial charge in [-0.1, -0.05) is 42.0 Å². The number of nitrogens with zero attached hydrogens (tertiary/aromatic N) is 2. The molecule has 2 aliphatic heterocycles. The lowest BCUT2D eigenvalue weighted by atomic mass is 9.87. The van der Waals surface area contributed by atoms with Crippen LogP contribution in [0.1, 0.15) is 32.6 Å². The Balaban J connectivity index is 1.74. The molecule has 1 aromatic heterocycles. The Morgan fingerprint density at radius 3 is 2.67 bits per heavy atom. The van der Waals surface area contributed by atoms with Crippen LogP contribution in [0.3, 0.4) is 0 Å². The van der Waals surface area contributed by atoms with E-state index in [1.165, 1.54) is 6.54 Å². The Kier molecular flexibility index (Phi) is 4.37. The molecule has 2 aromatic carbocycles. The molecule has 0 aliphatic carbocycles. The number of nitrogens with one attached hydrogen (secondary N) is 2. The van der Waals surface area contributed by atoms with Gasteiger partial charge in [0.2, 0.25) is 5.91 Å². The number of anilines is 1. The number of amides is 2. The molecule has 30 heavy (non-hydrogen) atoms. The van der Waals surface area contributed by atoms with Gasteiger partial charge in [0.25, 0.3) is 5.91 Å². The number of benzene rings is 2. The zero-order valence-corrected chi connectivity index (χ0v) is 16.6. The Morgan fingerprint density at radius 2 is 1.90 bits per heavy atom. The standard InChI is InChI=1S/C24H21N4O2/c1-16-13-18-9-12-28-21(29)15-26-24(20(14-16)22(18)28,19-5-3-2-4-6-19)27-23(30)17-7-10-25-11-8-17/h2-8,10-11,13-15,26H,9,12H2,1H3,(H,27,30). The Labute approximate surface area is 174 Å². The van der Waals surface area contributed by atoms with Gasteiger partial charge in [0, 0.05) is 30.1 Å². The van der Waals surface area contributed by atoms with Crippen LogP contribution in [0, 0.1) is 13.5 Å². The molecule has 0 saturated heterocycles. The van der Waals surface area contributed by atoms with E-state index in [9.17, 15) is 9.59 Å². The summed E-state index contributed by atoms with van der Waals surface area (Å²) in [5, 5.41) is 6.47. The van der Waals surface area contributed by atoms with Gasteiger partial charge in [-0.05, 0) is 42.7 Å². The van der Waals surface area contributed by atoms with Crippen LogP contribution in [-0.4, -0.2) is 23.3 Å². The van der Waals surface area contributed by atoms with Gasteiger partial charge in [-0.15, -0.1) is 0 Å².